The number of nitrogens with zero attached hydrogens (tertiary/aromatic N) is 3. The summed E-state index contributed by atoms with van der Waals surface area (Å²) < 4.78 is 0. The Hall–Kier alpha value is -0.970. The van der Waals surface area contributed by atoms with Crippen LogP contribution >= 0.6 is 0 Å². The van der Waals surface area contributed by atoms with Crippen molar-refractivity contribution < 1.29 is 0 Å². The molecule has 0 radical (unpaired) electrons. The number of piperazine rings is 1. The van der Waals surface area contributed by atoms with E-state index in [1.165, 1.54) is 57.8 Å². The van der Waals surface area contributed by atoms with Gasteiger partial charge in [0.15, 0.2) is 0 Å². The van der Waals surface area contributed by atoms with Gasteiger partial charge >= 0.3 is 0 Å². The van der Waals surface area contributed by atoms with E-state index in [4.69, 9.17) is 0 Å². The lowest BCUT2D eigenvalue weighted by molar-refractivity contribution is 0.0760. The fourth-order valence-electron chi connectivity index (χ4n) is 3.69. The minimum Gasteiger partial charge on any atom is -0.316 e. The van der Waals surface area contributed by atoms with E-state index in [1.54, 1.807) is 0 Å². The Kier molecular flexibility index (Phi) is 4.57. The smallest absolute Gasteiger partial charge is 0.0336 e. The molecule has 21 heavy (non-hydrogen) atoms. The SMILES string of the molecule is CC(c1cccnc1)N1CCN(CC2(C)CCNC2)CC1. The first-order valence-electron chi connectivity index (χ1n) is 8.23. The molecule has 4 heteroatoms. The molecule has 0 saturated carbocycles. The molecule has 2 aliphatic heterocycles. The zero-order valence-electron chi connectivity index (χ0n) is 13.4. The van der Waals surface area contributed by atoms with Crippen molar-refractivity contribution in [3.8, 4) is 0 Å². The molecule has 1 aromatic heterocycles. The van der Waals surface area contributed by atoms with Crippen LogP contribution in [-0.4, -0.2) is 60.6 Å². The molecular weight excluding hydrogens is 260 g/mol. The van der Waals surface area contributed by atoms with Gasteiger partial charge in [0.1, 0.15) is 0 Å². The summed E-state index contributed by atoms with van der Waals surface area (Å²) in [6, 6.07) is 4.70. The van der Waals surface area contributed by atoms with Gasteiger partial charge in [-0.1, -0.05) is 13.0 Å². The maximum Gasteiger partial charge on any atom is 0.0336 e. The third kappa shape index (κ3) is 3.62. The van der Waals surface area contributed by atoms with Crippen LogP contribution in [0.1, 0.15) is 31.9 Å². The van der Waals surface area contributed by atoms with E-state index in [2.05, 4.69) is 40.0 Å². The Bertz CT molecular complexity index is 433. The van der Waals surface area contributed by atoms with Crippen LogP contribution in [0.4, 0.5) is 0 Å². The largest absolute Gasteiger partial charge is 0.316 e. The van der Waals surface area contributed by atoms with E-state index in [1.807, 2.05) is 18.5 Å². The minimum absolute atomic E-state index is 0.476. The van der Waals surface area contributed by atoms with E-state index in [-0.39, 0.29) is 0 Å². The average Bonchev–Trinajstić information content (AvgIpc) is 2.94. The lowest BCUT2D eigenvalue weighted by atomic mass is 9.89. The van der Waals surface area contributed by atoms with Gasteiger partial charge < -0.3 is 10.2 Å². The normalized spacial score (nSPS) is 29.6. The van der Waals surface area contributed by atoms with Gasteiger partial charge in [-0.3, -0.25) is 9.88 Å². The number of pyridine rings is 1. The Morgan fingerprint density at radius 1 is 1.33 bits per heavy atom. The van der Waals surface area contributed by atoms with Gasteiger partial charge in [0, 0.05) is 57.7 Å². The van der Waals surface area contributed by atoms with E-state index in [9.17, 15) is 0 Å². The highest BCUT2D eigenvalue weighted by atomic mass is 15.3. The summed E-state index contributed by atoms with van der Waals surface area (Å²) in [6.45, 7) is 13.1. The molecule has 2 aliphatic rings. The third-order valence-electron chi connectivity index (χ3n) is 5.18. The molecule has 0 amide bonds. The quantitative estimate of drug-likeness (QED) is 0.915. The van der Waals surface area contributed by atoms with Crippen molar-refractivity contribution in [2.75, 3.05) is 45.8 Å². The molecule has 2 unspecified atom stereocenters. The van der Waals surface area contributed by atoms with Crippen molar-refractivity contribution >= 4 is 0 Å². The molecule has 3 rings (SSSR count). The highest BCUT2D eigenvalue weighted by Crippen LogP contribution is 2.27. The Balaban J connectivity index is 1.51. The number of aromatic nitrogens is 1. The zero-order chi connectivity index (χ0) is 14.7. The van der Waals surface area contributed by atoms with Crippen molar-refractivity contribution in [3.05, 3.63) is 30.1 Å². The average molecular weight is 288 g/mol. The molecule has 0 aromatic carbocycles. The van der Waals surface area contributed by atoms with Crippen molar-refractivity contribution in [3.63, 3.8) is 0 Å². The summed E-state index contributed by atoms with van der Waals surface area (Å²) in [5, 5.41) is 3.51. The predicted octanol–water partition coefficient (Wildman–Crippen LogP) is 1.76. The Morgan fingerprint density at radius 2 is 2.14 bits per heavy atom. The third-order valence-corrected chi connectivity index (χ3v) is 5.18. The maximum atomic E-state index is 4.25. The topological polar surface area (TPSA) is 31.4 Å². The number of nitrogens with one attached hydrogen (secondary N) is 1. The van der Waals surface area contributed by atoms with Gasteiger partial charge in [0.05, 0.1) is 0 Å². The van der Waals surface area contributed by atoms with Crippen LogP contribution in [0.25, 0.3) is 0 Å². The lowest BCUT2D eigenvalue weighted by Gasteiger charge is -2.41. The molecule has 2 fully saturated rings. The molecule has 0 aliphatic carbocycles. The predicted molar refractivity (Wildman–Crippen MR) is 86.3 cm³/mol. The van der Waals surface area contributed by atoms with Crippen molar-refractivity contribution in [2.45, 2.75) is 26.3 Å². The molecule has 4 nitrogen and oxygen atoms in total. The van der Waals surface area contributed by atoms with E-state index in [0.717, 1.165) is 0 Å². The van der Waals surface area contributed by atoms with Gasteiger partial charge in [-0.25, -0.2) is 0 Å². The molecule has 0 spiro atoms. The molecule has 116 valence electrons. The fourth-order valence-corrected chi connectivity index (χ4v) is 3.69. The van der Waals surface area contributed by atoms with Crippen LogP contribution in [0.5, 0.6) is 0 Å². The molecule has 1 N–H and O–H groups in total. The van der Waals surface area contributed by atoms with Crippen LogP contribution < -0.4 is 5.32 Å². The van der Waals surface area contributed by atoms with E-state index >= 15 is 0 Å². The van der Waals surface area contributed by atoms with Crippen LogP contribution in [-0.2, 0) is 0 Å². The zero-order valence-corrected chi connectivity index (χ0v) is 13.4. The number of hydrogen-bond donors (Lipinski definition) is 1. The summed E-state index contributed by atoms with van der Waals surface area (Å²) in [4.78, 5) is 9.49. The molecule has 1 aromatic rings. The second-order valence-corrected chi connectivity index (χ2v) is 7.01. The summed E-state index contributed by atoms with van der Waals surface area (Å²) >= 11 is 0. The van der Waals surface area contributed by atoms with Crippen LogP contribution in [0.15, 0.2) is 24.5 Å². The summed E-state index contributed by atoms with van der Waals surface area (Å²) in [6.07, 6.45) is 5.17. The Labute approximate surface area is 128 Å². The van der Waals surface area contributed by atoms with Gasteiger partial charge in [-0.15, -0.1) is 0 Å². The van der Waals surface area contributed by atoms with Gasteiger partial charge in [0.2, 0.25) is 0 Å². The number of rotatable bonds is 4. The highest BCUT2D eigenvalue weighted by molar-refractivity contribution is 5.13. The first kappa shape index (κ1) is 14.9. The first-order chi connectivity index (χ1) is 10.2. The minimum atomic E-state index is 0.476. The number of hydrogen-bond acceptors (Lipinski definition) is 4. The summed E-state index contributed by atoms with van der Waals surface area (Å²) in [5.41, 5.74) is 1.81. The molecule has 2 saturated heterocycles. The molecule has 0 bridgehead atoms. The standard InChI is InChI=1S/C17H28N4/c1-15(16-4-3-6-18-12-16)21-10-8-20(9-11-21)14-17(2)5-7-19-13-17/h3-4,6,12,15,19H,5,7-11,13-14H2,1-2H3. The maximum absolute atomic E-state index is 4.25. The van der Waals surface area contributed by atoms with Gasteiger partial charge in [-0.05, 0) is 36.9 Å². The van der Waals surface area contributed by atoms with Crippen LogP contribution in [0.2, 0.25) is 0 Å². The lowest BCUT2D eigenvalue weighted by Crippen LogP contribution is -2.50. The summed E-state index contributed by atoms with van der Waals surface area (Å²) in [5.74, 6) is 0. The molecule has 2 atom stereocenters. The second kappa shape index (κ2) is 6.42. The first-order valence-corrected chi connectivity index (χ1v) is 8.23. The van der Waals surface area contributed by atoms with Gasteiger partial charge in [-0.2, -0.15) is 0 Å². The molecular formula is C17H28N4. The van der Waals surface area contributed by atoms with E-state index in [0.29, 0.717) is 11.5 Å². The van der Waals surface area contributed by atoms with Crippen LogP contribution in [0, 0.1) is 5.41 Å². The second-order valence-electron chi connectivity index (χ2n) is 7.01. The van der Waals surface area contributed by atoms with Crippen LogP contribution in [0.3, 0.4) is 0 Å². The highest BCUT2D eigenvalue weighted by Gasteiger charge is 2.32. The summed E-state index contributed by atoms with van der Waals surface area (Å²) in [7, 11) is 0. The van der Waals surface area contributed by atoms with Crippen molar-refractivity contribution in [1.82, 2.24) is 20.1 Å². The van der Waals surface area contributed by atoms with E-state index < -0.39 is 0 Å². The monoisotopic (exact) mass is 288 g/mol. The Morgan fingerprint density at radius 3 is 2.76 bits per heavy atom. The van der Waals surface area contributed by atoms with Crippen molar-refractivity contribution in [2.24, 2.45) is 5.41 Å². The molecule has 3 heterocycles. The van der Waals surface area contributed by atoms with Crippen molar-refractivity contribution in [1.29, 1.82) is 0 Å². The fraction of sp³-hybridized carbons (Fsp3) is 0.706. The van der Waals surface area contributed by atoms with Gasteiger partial charge in [0.25, 0.3) is 0 Å².